The molecule has 6 rings (SSSR count). The second kappa shape index (κ2) is 36.5. The van der Waals surface area contributed by atoms with E-state index in [1.807, 2.05) is 0 Å². The van der Waals surface area contributed by atoms with Crippen molar-refractivity contribution in [1.29, 1.82) is 0 Å². The van der Waals surface area contributed by atoms with Gasteiger partial charge in [0.05, 0.1) is 72.7 Å². The number of aliphatic hydroxyl groups is 8. The third-order valence-electron chi connectivity index (χ3n) is 15.4. The van der Waals surface area contributed by atoms with E-state index < -0.39 is 183 Å². The maximum Gasteiger partial charge on any atom is 0.404 e. The van der Waals surface area contributed by atoms with Crippen LogP contribution in [0.4, 0.5) is 10.6 Å². The number of amides is 8. The van der Waals surface area contributed by atoms with Crippen molar-refractivity contribution in [1.82, 2.24) is 61.8 Å². The van der Waals surface area contributed by atoms with E-state index in [2.05, 4.69) is 66.8 Å². The second-order valence-electron chi connectivity index (χ2n) is 22.8. The first-order valence-electron chi connectivity index (χ1n) is 30.4. The van der Waals surface area contributed by atoms with Crippen molar-refractivity contribution in [3.05, 3.63) is 56.8 Å². The Balaban J connectivity index is 1.24. The van der Waals surface area contributed by atoms with E-state index in [-0.39, 0.29) is 60.0 Å². The number of unbranched alkanes of at least 4 members (excludes halogenated alkanes) is 1. The summed E-state index contributed by atoms with van der Waals surface area (Å²) in [5, 5.41) is 108. The minimum absolute atomic E-state index is 0.0175. The van der Waals surface area contributed by atoms with Crippen LogP contribution in [0.15, 0.2) is 28.3 Å². The Labute approximate surface area is 565 Å². The quantitative estimate of drug-likeness (QED) is 0.0114. The lowest BCUT2D eigenvalue weighted by Crippen LogP contribution is -2.65. The van der Waals surface area contributed by atoms with Crippen LogP contribution in [-0.4, -0.2) is 261 Å². The Hall–Kier alpha value is -8.38. The number of aliphatic hydroxyl groups excluding tert-OH is 8. The molecule has 1 unspecified atom stereocenters. The van der Waals surface area contributed by atoms with Gasteiger partial charge in [0.15, 0.2) is 24.6 Å². The van der Waals surface area contributed by atoms with Crippen LogP contribution in [0.3, 0.4) is 0 Å². The fourth-order valence-electron chi connectivity index (χ4n) is 9.88. The van der Waals surface area contributed by atoms with Crippen LogP contribution in [0, 0.1) is 12.8 Å². The number of nitrogens with one attached hydrogen (secondary N) is 7. The van der Waals surface area contributed by atoms with E-state index in [0.717, 1.165) is 12.5 Å². The zero-order chi connectivity index (χ0) is 72.4. The molecule has 2 fully saturated rings. The lowest BCUT2D eigenvalue weighted by Gasteiger charge is -2.47. The minimum Gasteiger partial charge on any atom is -0.441 e. The maximum absolute atomic E-state index is 15.2. The lowest BCUT2D eigenvalue weighted by molar-refractivity contribution is -0.372. The van der Waals surface area contributed by atoms with Crippen LogP contribution < -0.4 is 72.0 Å². The molecule has 41 nitrogen and oxygen atoms in total. The van der Waals surface area contributed by atoms with Gasteiger partial charge in [-0.15, -0.1) is 22.7 Å². The predicted octanol–water partition coefficient (Wildman–Crippen LogP) is -8.92. The average Bonchev–Trinajstić information content (AvgIpc) is 0.925. The number of imidazole rings is 1. The van der Waals surface area contributed by atoms with Crippen molar-refractivity contribution >= 4 is 81.9 Å². The molecule has 0 spiro atoms. The topological polar surface area (TPSA) is 691 Å². The van der Waals surface area contributed by atoms with E-state index in [9.17, 15) is 74.4 Å². The summed E-state index contributed by atoms with van der Waals surface area (Å²) in [5.41, 5.74) is 38.6. The van der Waals surface area contributed by atoms with Crippen LogP contribution in [0.2, 0.25) is 0 Å². The highest BCUT2D eigenvalue weighted by molar-refractivity contribution is 7.14. The molecule has 0 aliphatic carbocycles. The number of nitrogens with zero attached hydrogens (tertiary/aromatic N) is 6. The highest BCUT2D eigenvalue weighted by Gasteiger charge is 2.54. The standard InChI is InChI=1S/C55H84N20O21S2/c1-19-32(72-45(75-43(19)58)24(11-30(57)79)67-12-23(56)44(59)85)49(89)74-34(40(25-13-63-18-68-25)94-53-42(38(83)36(81)28(14-76)93-53)95-52-39(84)41(96-55(62)91)37(82)29(15-77)92-52)50(90)69-21(3)35(80)20(2)46(86)73-33(22(4)78)48(88)65-10-7-31-70-27(17-97-31)51-71-26(16-98-51)47(87)64-8-5-6-9-66-54(60)61/h13,16-18,20-24,28-29,33-42,52-53,67,76-78,80-84H,5-12,14-15,56H2,1-4H3,(H2,57,79)(H2,59,85)(H2,62,91)(H,63,68)(H,64,87)(H,65,88)(H,69,90)(H,73,86)(H,74,89)(H2,58,72,75)(H4,60,61,66)/t20-,21+,22+,23-,24-,28-,29+,33?,34-,35-,36+,37+,38+,39-,40-,41-,42-,52+,53-/m0/s1. The molecule has 6 heterocycles. The molecule has 43 heteroatoms. The summed E-state index contributed by atoms with van der Waals surface area (Å²) < 4.78 is 28.7. The van der Waals surface area contributed by atoms with Gasteiger partial charge in [0.1, 0.15) is 94.6 Å². The van der Waals surface area contributed by atoms with Crippen LogP contribution in [-0.2, 0) is 54.1 Å². The SMILES string of the molecule is Cc1c(N)nc([C@H](CC(N)=O)NC[C@H](N)C(N)=O)nc1C(=O)N[C@H](C(=O)N[C@H](C)[C@@H](O)[C@H](C)C(=O)NC(C(=O)NCCc1nc(-c2nc(C(=O)NCCCCN=C(N)N)cs2)cs1)[C@@H](C)O)[C@@H](O[C@@H]1O[C@@H](CO)[C@@H](O)[C@@H](O)[C@@H]1O[C@H]1O[C@H](CO)[C@@H](O)[C@H](OC(N)=O)[C@@H]1O)c1cnc[nH]1. The molecule has 29 N–H and O–H groups in total. The van der Waals surface area contributed by atoms with E-state index >= 15 is 4.79 Å². The normalized spacial score (nSPS) is 23.6. The molecule has 2 aliphatic heterocycles. The van der Waals surface area contributed by atoms with Crippen LogP contribution in [0.5, 0.6) is 0 Å². The summed E-state index contributed by atoms with van der Waals surface area (Å²) >= 11 is 2.46. The molecule has 0 bridgehead atoms. The first-order valence-corrected chi connectivity index (χ1v) is 32.1. The molecule has 0 aromatic carbocycles. The largest absolute Gasteiger partial charge is 0.441 e. The monoisotopic (exact) mass is 1420 g/mol. The number of anilines is 1. The molecular weight excluding hydrogens is 1340 g/mol. The van der Waals surface area contributed by atoms with Gasteiger partial charge in [0, 0.05) is 55.3 Å². The molecule has 8 amide bonds. The van der Waals surface area contributed by atoms with E-state index in [4.69, 9.17) is 63.8 Å². The Bertz CT molecular complexity index is 3380. The van der Waals surface area contributed by atoms with Gasteiger partial charge in [0.25, 0.3) is 11.8 Å². The second-order valence-corrected chi connectivity index (χ2v) is 24.6. The molecule has 0 saturated carbocycles. The number of thiazole rings is 2. The van der Waals surface area contributed by atoms with E-state index in [1.54, 1.807) is 10.8 Å². The Morgan fingerprint density at radius 1 is 0.765 bits per heavy atom. The minimum atomic E-state index is -2.20. The molecule has 0 radical (unpaired) electrons. The number of nitrogens with two attached hydrogens (primary N) is 7. The molecule has 4 aromatic rings. The smallest absolute Gasteiger partial charge is 0.404 e. The molecule has 98 heavy (non-hydrogen) atoms. The summed E-state index contributed by atoms with van der Waals surface area (Å²) in [4.78, 5) is 135. The first-order chi connectivity index (χ1) is 46.3. The number of hydrogen-bond acceptors (Lipinski definition) is 32. The molecule has 2 saturated heterocycles. The number of primary amides is 3. The summed E-state index contributed by atoms with van der Waals surface area (Å²) in [6, 6.07) is -7.89. The third-order valence-corrected chi connectivity index (χ3v) is 17.2. The third kappa shape index (κ3) is 21.1. The number of aliphatic imine (C=N–C) groups is 1. The molecule has 2 aliphatic rings. The lowest BCUT2D eigenvalue weighted by atomic mass is 9.96. The number of rotatable bonds is 36. The molecule has 19 atom stereocenters. The van der Waals surface area contributed by atoms with Crippen molar-refractivity contribution < 1.29 is 103 Å². The van der Waals surface area contributed by atoms with Crippen LogP contribution >= 0.6 is 22.7 Å². The number of hydrogen-bond donors (Lipinski definition) is 22. The van der Waals surface area contributed by atoms with Crippen molar-refractivity contribution in [3.8, 4) is 10.7 Å². The number of nitrogen functional groups attached to an aromatic ring is 1. The van der Waals surface area contributed by atoms with Gasteiger partial charge in [-0.25, -0.2) is 29.7 Å². The molecule has 4 aromatic heterocycles. The number of ether oxygens (including phenoxy) is 5. The Morgan fingerprint density at radius 3 is 2.09 bits per heavy atom. The average molecular weight is 1430 g/mol. The van der Waals surface area contributed by atoms with Crippen LogP contribution in [0.25, 0.3) is 10.7 Å². The van der Waals surface area contributed by atoms with Crippen molar-refractivity contribution in [2.45, 2.75) is 163 Å². The maximum atomic E-state index is 15.2. The fourth-order valence-corrected chi connectivity index (χ4v) is 11.5. The predicted molar refractivity (Wildman–Crippen MR) is 340 cm³/mol. The van der Waals surface area contributed by atoms with Gasteiger partial charge in [0.2, 0.25) is 29.5 Å². The van der Waals surface area contributed by atoms with Crippen LogP contribution in [0.1, 0.15) is 95.2 Å². The van der Waals surface area contributed by atoms with Crippen molar-refractivity contribution in [2.75, 3.05) is 45.1 Å². The number of aromatic amines is 1. The van der Waals surface area contributed by atoms with Gasteiger partial charge in [-0.2, -0.15) is 0 Å². The molecular formula is C55H84N20O21S2. The highest BCUT2D eigenvalue weighted by atomic mass is 32.1. The van der Waals surface area contributed by atoms with Crippen molar-refractivity contribution in [2.24, 2.45) is 45.3 Å². The first kappa shape index (κ1) is 78.6. The van der Waals surface area contributed by atoms with E-state index in [0.29, 0.717) is 41.6 Å². The number of carbonyl (C=O) groups is 8. The summed E-state index contributed by atoms with van der Waals surface area (Å²) in [6.45, 7) is 3.39. The van der Waals surface area contributed by atoms with Gasteiger partial charge < -0.3 is 142 Å². The van der Waals surface area contributed by atoms with Gasteiger partial charge in [-0.3, -0.25) is 38.6 Å². The fraction of sp³-hybridized carbons (Fsp3) is 0.600. The zero-order valence-electron chi connectivity index (χ0n) is 53.3. The Morgan fingerprint density at radius 2 is 1.46 bits per heavy atom. The summed E-state index contributed by atoms with van der Waals surface area (Å²) in [7, 11) is 0. The summed E-state index contributed by atoms with van der Waals surface area (Å²) in [6.07, 6.45) is -23.9. The number of aromatic nitrogens is 6. The zero-order valence-corrected chi connectivity index (χ0v) is 54.9. The number of H-pyrrole nitrogens is 1. The van der Waals surface area contributed by atoms with Gasteiger partial charge in [-0.05, 0) is 33.6 Å². The van der Waals surface area contributed by atoms with Gasteiger partial charge in [-0.1, -0.05) is 6.92 Å². The number of carbonyl (C=O) groups excluding carboxylic acids is 8. The van der Waals surface area contributed by atoms with E-state index in [1.165, 1.54) is 50.4 Å². The van der Waals surface area contributed by atoms with Crippen molar-refractivity contribution in [3.63, 3.8) is 0 Å². The molecule has 542 valence electrons. The number of guanidine groups is 1. The Kier molecular flexibility index (Phi) is 29.2. The van der Waals surface area contributed by atoms with Gasteiger partial charge >= 0.3 is 6.09 Å². The summed E-state index contributed by atoms with van der Waals surface area (Å²) in [5.74, 6) is -8.85. The highest BCUT2D eigenvalue weighted by Crippen LogP contribution is 2.35.